The smallest absolute Gasteiger partial charge is 0.309 e. The Labute approximate surface area is 108 Å². The predicted molar refractivity (Wildman–Crippen MR) is 66.4 cm³/mol. The Kier molecular flexibility index (Phi) is 1.77. The van der Waals surface area contributed by atoms with Gasteiger partial charge in [0.1, 0.15) is 5.60 Å². The Morgan fingerprint density at radius 1 is 1.35 bits per heavy atom. The lowest BCUT2D eigenvalue weighted by Crippen LogP contribution is -2.50. The molecule has 1 saturated carbocycles. The molecule has 2 heteroatoms. The molecule has 1 aliphatic heterocycles. The first-order valence-electron chi connectivity index (χ1n) is 8.21. The van der Waals surface area contributed by atoms with E-state index in [1.54, 1.807) is 0 Å². The maximum atomic E-state index is 12.1. The molecule has 94 valence electrons. The molecule has 5 atom stereocenters. The fourth-order valence-electron chi connectivity index (χ4n) is 4.22. The van der Waals surface area contributed by atoms with Gasteiger partial charge < -0.3 is 4.74 Å². The van der Waals surface area contributed by atoms with Crippen molar-refractivity contribution in [2.75, 3.05) is 0 Å². The van der Waals surface area contributed by atoms with Crippen LogP contribution in [0.25, 0.3) is 0 Å². The predicted octanol–water partition coefficient (Wildman–Crippen LogP) is 3.32. The van der Waals surface area contributed by atoms with Crippen LogP contribution < -0.4 is 0 Å². The molecule has 3 aliphatic rings. The van der Waals surface area contributed by atoms with E-state index in [1.165, 1.54) is 0 Å². The SMILES string of the molecule is [2H]C([2H])([2H])C1=C[C@]23OC(=O)[C@@H](C)[C@@H]2CC[C@@H](C)[C@@H]3CC1. The fraction of sp³-hybridized carbons (Fsp3) is 0.800. The van der Waals surface area contributed by atoms with Gasteiger partial charge in [0, 0.05) is 15.9 Å². The fourth-order valence-corrected chi connectivity index (χ4v) is 4.22. The van der Waals surface area contributed by atoms with Crippen molar-refractivity contribution in [2.24, 2.45) is 23.7 Å². The molecule has 1 saturated heterocycles. The Balaban J connectivity index is 2.08. The molecule has 0 amide bonds. The number of rotatable bonds is 0. The van der Waals surface area contributed by atoms with Crippen molar-refractivity contribution >= 4 is 5.97 Å². The summed E-state index contributed by atoms with van der Waals surface area (Å²) in [5.74, 6) is 0.642. The van der Waals surface area contributed by atoms with Crippen molar-refractivity contribution in [3.63, 3.8) is 0 Å². The Hall–Kier alpha value is -0.790. The van der Waals surface area contributed by atoms with Crippen LogP contribution in [-0.4, -0.2) is 11.6 Å². The number of hydrogen-bond acceptors (Lipinski definition) is 2. The number of ether oxygens (including phenoxy) is 1. The minimum Gasteiger partial charge on any atom is -0.454 e. The number of esters is 1. The second-order valence-electron chi connectivity index (χ2n) is 6.04. The van der Waals surface area contributed by atoms with Crippen LogP contribution in [0.2, 0.25) is 0 Å². The van der Waals surface area contributed by atoms with Crippen molar-refractivity contribution in [1.82, 2.24) is 0 Å². The van der Waals surface area contributed by atoms with E-state index in [2.05, 4.69) is 6.92 Å². The topological polar surface area (TPSA) is 26.3 Å². The van der Waals surface area contributed by atoms with E-state index in [9.17, 15) is 4.79 Å². The van der Waals surface area contributed by atoms with Gasteiger partial charge in [-0.05, 0) is 44.5 Å². The molecular formula is C15H22O2. The first-order chi connectivity index (χ1) is 9.25. The molecule has 2 fully saturated rings. The molecule has 2 nitrogen and oxygen atoms in total. The van der Waals surface area contributed by atoms with Crippen molar-refractivity contribution in [3.05, 3.63) is 11.6 Å². The zero-order chi connectivity index (χ0) is 14.7. The molecule has 0 N–H and O–H groups in total. The molecule has 0 unspecified atom stereocenters. The van der Waals surface area contributed by atoms with E-state index >= 15 is 0 Å². The summed E-state index contributed by atoms with van der Waals surface area (Å²) in [7, 11) is 0. The normalized spacial score (nSPS) is 52.5. The molecule has 17 heavy (non-hydrogen) atoms. The zero-order valence-electron chi connectivity index (χ0n) is 13.5. The van der Waals surface area contributed by atoms with Gasteiger partial charge in [0.15, 0.2) is 0 Å². The highest BCUT2D eigenvalue weighted by Crippen LogP contribution is 2.56. The van der Waals surface area contributed by atoms with Gasteiger partial charge in [-0.2, -0.15) is 0 Å². The van der Waals surface area contributed by atoms with Gasteiger partial charge in [0.2, 0.25) is 0 Å². The van der Waals surface area contributed by atoms with Gasteiger partial charge in [0.05, 0.1) is 5.92 Å². The highest BCUT2D eigenvalue weighted by Gasteiger charge is 2.60. The summed E-state index contributed by atoms with van der Waals surface area (Å²) in [5, 5.41) is 0. The molecule has 2 aliphatic carbocycles. The maximum absolute atomic E-state index is 12.1. The van der Waals surface area contributed by atoms with Crippen LogP contribution >= 0.6 is 0 Å². The van der Waals surface area contributed by atoms with Crippen LogP contribution in [0.4, 0.5) is 0 Å². The Morgan fingerprint density at radius 3 is 2.94 bits per heavy atom. The number of hydrogen-bond donors (Lipinski definition) is 0. The maximum Gasteiger partial charge on any atom is 0.309 e. The van der Waals surface area contributed by atoms with Crippen LogP contribution in [-0.2, 0) is 9.53 Å². The van der Waals surface area contributed by atoms with Crippen molar-refractivity contribution in [3.8, 4) is 0 Å². The molecule has 0 aromatic rings. The lowest BCUT2D eigenvalue weighted by Gasteiger charge is -2.48. The Morgan fingerprint density at radius 2 is 2.18 bits per heavy atom. The summed E-state index contributed by atoms with van der Waals surface area (Å²) in [5.41, 5.74) is -0.161. The molecule has 0 radical (unpaired) electrons. The first kappa shape index (κ1) is 8.34. The van der Waals surface area contributed by atoms with Gasteiger partial charge in [-0.3, -0.25) is 4.79 Å². The third kappa shape index (κ3) is 1.42. The third-order valence-electron chi connectivity index (χ3n) is 5.16. The minimum absolute atomic E-state index is 0.114. The van der Waals surface area contributed by atoms with Crippen LogP contribution in [0.15, 0.2) is 11.6 Å². The second-order valence-corrected chi connectivity index (χ2v) is 6.04. The largest absolute Gasteiger partial charge is 0.454 e. The Bertz CT molecular complexity index is 468. The van der Waals surface area contributed by atoms with E-state index in [4.69, 9.17) is 8.85 Å². The monoisotopic (exact) mass is 237 g/mol. The van der Waals surface area contributed by atoms with Gasteiger partial charge in [-0.15, -0.1) is 0 Å². The molecule has 1 heterocycles. The molecule has 0 aromatic carbocycles. The van der Waals surface area contributed by atoms with Gasteiger partial charge in [-0.25, -0.2) is 0 Å². The minimum atomic E-state index is -2.07. The van der Waals surface area contributed by atoms with E-state index < -0.39 is 12.5 Å². The summed E-state index contributed by atoms with van der Waals surface area (Å²) in [6.07, 6.45) is 5.30. The lowest BCUT2D eigenvalue weighted by molar-refractivity contribution is -0.155. The molecule has 3 rings (SSSR count). The van der Waals surface area contributed by atoms with E-state index in [1.807, 2.05) is 13.0 Å². The van der Waals surface area contributed by atoms with Gasteiger partial charge in [0.25, 0.3) is 0 Å². The third-order valence-corrected chi connectivity index (χ3v) is 5.16. The molecular weight excluding hydrogens is 212 g/mol. The summed E-state index contributed by atoms with van der Waals surface area (Å²) in [6.45, 7) is 2.06. The highest BCUT2D eigenvalue weighted by atomic mass is 16.6. The standard InChI is InChI=1S/C15H22O2/c1-9-4-6-12-10(2)5-7-13-11(3)14(16)17-15(12,13)8-9/h8,10-13H,4-7H2,1-3H3/t10-,11+,12+,13+,15-/m1/s1/i1D3. The first-order valence-corrected chi connectivity index (χ1v) is 6.71. The number of carbonyl (C=O) groups excluding carboxylic acids is 1. The van der Waals surface area contributed by atoms with Crippen molar-refractivity contribution in [1.29, 1.82) is 0 Å². The van der Waals surface area contributed by atoms with Crippen LogP contribution in [0.3, 0.4) is 0 Å². The lowest BCUT2D eigenvalue weighted by atomic mass is 9.58. The molecule has 0 aromatic heterocycles. The van der Waals surface area contributed by atoms with Crippen molar-refractivity contribution in [2.45, 2.75) is 52.0 Å². The quantitative estimate of drug-likeness (QED) is 0.477. The van der Waals surface area contributed by atoms with E-state index in [0.717, 1.165) is 19.3 Å². The zero-order valence-corrected chi connectivity index (χ0v) is 10.5. The van der Waals surface area contributed by atoms with E-state index in [-0.39, 0.29) is 23.7 Å². The van der Waals surface area contributed by atoms with Crippen LogP contribution in [0.5, 0.6) is 0 Å². The average molecular weight is 237 g/mol. The summed E-state index contributed by atoms with van der Waals surface area (Å²) in [4.78, 5) is 12.1. The van der Waals surface area contributed by atoms with E-state index in [0.29, 0.717) is 17.9 Å². The molecule has 0 bridgehead atoms. The van der Waals surface area contributed by atoms with Crippen molar-refractivity contribution < 1.29 is 13.6 Å². The number of carbonyl (C=O) groups is 1. The summed E-state index contributed by atoms with van der Waals surface area (Å²) in [6, 6.07) is 0. The van der Waals surface area contributed by atoms with Crippen LogP contribution in [0.1, 0.15) is 50.5 Å². The highest BCUT2D eigenvalue weighted by molar-refractivity contribution is 5.76. The van der Waals surface area contributed by atoms with Gasteiger partial charge >= 0.3 is 5.97 Å². The second kappa shape index (κ2) is 3.60. The summed E-state index contributed by atoms with van der Waals surface area (Å²) < 4.78 is 28.8. The van der Waals surface area contributed by atoms with Crippen LogP contribution in [0, 0.1) is 23.7 Å². The van der Waals surface area contributed by atoms with Gasteiger partial charge in [-0.1, -0.05) is 19.4 Å². The number of allylic oxidation sites excluding steroid dienone is 1. The molecule has 1 spiro atoms. The summed E-state index contributed by atoms with van der Waals surface area (Å²) >= 11 is 0. The average Bonchev–Trinajstić information content (AvgIpc) is 2.59.